The lowest BCUT2D eigenvalue weighted by Gasteiger charge is -2.28. The van der Waals surface area contributed by atoms with E-state index in [0.717, 1.165) is 77.5 Å². The van der Waals surface area contributed by atoms with Crippen molar-refractivity contribution < 1.29 is 9.90 Å². The lowest BCUT2D eigenvalue weighted by Crippen LogP contribution is -2.19. The molecule has 0 aliphatic heterocycles. The van der Waals surface area contributed by atoms with Gasteiger partial charge in [-0.05, 0) is 68.6 Å². The highest BCUT2D eigenvalue weighted by Gasteiger charge is 2.28. The summed E-state index contributed by atoms with van der Waals surface area (Å²) >= 11 is 3.72. The summed E-state index contributed by atoms with van der Waals surface area (Å²) in [4.78, 5) is 16.2. The normalized spacial score (nSPS) is 23.5. The van der Waals surface area contributed by atoms with Crippen molar-refractivity contribution in [2.24, 2.45) is 5.92 Å². The summed E-state index contributed by atoms with van der Waals surface area (Å²) in [5, 5.41) is 13.7. The first-order valence-corrected chi connectivity index (χ1v) is 13.2. The molecule has 2 aromatic heterocycles. The third-order valence-electron chi connectivity index (χ3n) is 7.32. The number of nitrogens with two attached hydrogens (primary N) is 1. The van der Waals surface area contributed by atoms with Crippen molar-refractivity contribution in [3.05, 3.63) is 75.1 Å². The Hall–Kier alpha value is -2.93. The molecule has 0 unspecified atom stereocenters. The number of allylic oxidation sites excluding steroid dienone is 10. The van der Waals surface area contributed by atoms with Crippen LogP contribution >= 0.6 is 15.9 Å². The molecule has 0 saturated heterocycles. The maximum atomic E-state index is 11.1. The van der Waals surface area contributed by atoms with E-state index in [-0.39, 0.29) is 12.3 Å². The second-order valence-electron chi connectivity index (χ2n) is 9.92. The summed E-state index contributed by atoms with van der Waals surface area (Å²) in [6, 6.07) is 0. The molecule has 5 rings (SSSR count). The summed E-state index contributed by atoms with van der Waals surface area (Å²) in [5.74, 6) is 0.462. The summed E-state index contributed by atoms with van der Waals surface area (Å²) in [5.41, 5.74) is 14.1. The Bertz CT molecular complexity index is 1320. The van der Waals surface area contributed by atoms with Crippen LogP contribution in [0.1, 0.15) is 74.1 Å². The van der Waals surface area contributed by atoms with Crippen LogP contribution in [0.25, 0.3) is 11.2 Å². The van der Waals surface area contributed by atoms with Crippen molar-refractivity contribution in [2.75, 3.05) is 5.73 Å². The van der Waals surface area contributed by atoms with Crippen molar-refractivity contribution in [3.63, 3.8) is 0 Å². The van der Waals surface area contributed by atoms with E-state index in [1.54, 1.807) is 4.52 Å². The minimum Gasteiger partial charge on any atom is -0.481 e. The molecule has 3 N–H and O–H groups in total. The van der Waals surface area contributed by atoms with Gasteiger partial charge >= 0.3 is 5.97 Å². The number of aliphatic carboxylic acids is 1. The summed E-state index contributed by atoms with van der Waals surface area (Å²) in [7, 11) is 0. The number of aromatic nitrogens is 3. The molecule has 6 nitrogen and oxygen atoms in total. The van der Waals surface area contributed by atoms with Crippen LogP contribution in [0.3, 0.4) is 0 Å². The number of rotatable bonds is 7. The third-order valence-corrected chi connectivity index (χ3v) is 7.83. The fourth-order valence-electron chi connectivity index (χ4n) is 5.22. The van der Waals surface area contributed by atoms with Gasteiger partial charge in [0.15, 0.2) is 5.65 Å². The first kappa shape index (κ1) is 23.8. The molecule has 0 amide bonds. The zero-order chi connectivity index (χ0) is 24.5. The van der Waals surface area contributed by atoms with Crippen LogP contribution in [-0.2, 0) is 4.79 Å². The van der Waals surface area contributed by atoms with Gasteiger partial charge < -0.3 is 10.8 Å². The molecule has 0 radical (unpaired) electrons. The number of nitrogens with zero attached hydrogens (tertiary/aromatic N) is 3. The second-order valence-corrected chi connectivity index (χ2v) is 10.9. The van der Waals surface area contributed by atoms with Gasteiger partial charge in [-0.25, -0.2) is 4.98 Å². The molecule has 1 fully saturated rings. The average Bonchev–Trinajstić information content (AvgIpc) is 3.55. The van der Waals surface area contributed by atoms with Gasteiger partial charge in [0.25, 0.3) is 0 Å². The van der Waals surface area contributed by atoms with Crippen LogP contribution in [0.4, 0.5) is 5.82 Å². The van der Waals surface area contributed by atoms with Crippen molar-refractivity contribution in [1.82, 2.24) is 14.6 Å². The number of hydrogen-bond acceptors (Lipinski definition) is 4. The molecule has 35 heavy (non-hydrogen) atoms. The highest BCUT2D eigenvalue weighted by Crippen LogP contribution is 2.40. The minimum absolute atomic E-state index is 0.255. The largest absolute Gasteiger partial charge is 0.481 e. The van der Waals surface area contributed by atoms with E-state index >= 15 is 0 Å². The zero-order valence-electron chi connectivity index (χ0n) is 20.0. The smallest absolute Gasteiger partial charge is 0.303 e. The van der Waals surface area contributed by atoms with Crippen molar-refractivity contribution >= 4 is 38.9 Å². The van der Waals surface area contributed by atoms with E-state index in [0.29, 0.717) is 11.7 Å². The Kier molecular flexibility index (Phi) is 6.78. The van der Waals surface area contributed by atoms with Gasteiger partial charge in [0.2, 0.25) is 0 Å². The molecular formula is C28H31BrN4O2. The van der Waals surface area contributed by atoms with Crippen LogP contribution in [0.5, 0.6) is 0 Å². The molecule has 0 spiro atoms. The number of anilines is 1. The number of fused-ring (bicyclic) bond motifs is 1. The first-order chi connectivity index (χ1) is 16.9. The van der Waals surface area contributed by atoms with Gasteiger partial charge in [0, 0.05) is 34.4 Å². The molecule has 7 heteroatoms. The van der Waals surface area contributed by atoms with E-state index in [1.165, 1.54) is 11.1 Å². The van der Waals surface area contributed by atoms with E-state index in [9.17, 15) is 4.79 Å². The Morgan fingerprint density at radius 1 is 1.29 bits per heavy atom. The molecule has 0 aromatic carbocycles. The molecule has 3 aliphatic rings. The fraction of sp³-hybridized carbons (Fsp3) is 0.393. The van der Waals surface area contributed by atoms with Crippen LogP contribution < -0.4 is 5.73 Å². The summed E-state index contributed by atoms with van der Waals surface area (Å²) < 4.78 is 2.87. The highest BCUT2D eigenvalue weighted by molar-refractivity contribution is 9.11. The number of nitrogen functional groups attached to an aromatic ring is 1. The predicted molar refractivity (Wildman–Crippen MR) is 143 cm³/mol. The van der Waals surface area contributed by atoms with E-state index < -0.39 is 5.97 Å². The van der Waals surface area contributed by atoms with Crippen molar-refractivity contribution in [3.8, 4) is 0 Å². The quantitative estimate of drug-likeness (QED) is 0.388. The maximum absolute atomic E-state index is 11.1. The molecule has 2 heterocycles. The summed E-state index contributed by atoms with van der Waals surface area (Å²) in [6.07, 6.45) is 22.0. The third kappa shape index (κ3) is 5.35. The van der Waals surface area contributed by atoms with Crippen LogP contribution in [-0.4, -0.2) is 25.7 Å². The highest BCUT2D eigenvalue weighted by atomic mass is 79.9. The number of hydrogen-bond donors (Lipinski definition) is 2. The molecule has 2 aromatic rings. The van der Waals surface area contributed by atoms with Crippen LogP contribution in [0, 0.1) is 12.8 Å². The Labute approximate surface area is 214 Å². The van der Waals surface area contributed by atoms with E-state index in [2.05, 4.69) is 57.5 Å². The Balaban J connectivity index is 1.44. The van der Waals surface area contributed by atoms with Gasteiger partial charge in [-0.3, -0.25) is 4.79 Å². The molecular weight excluding hydrogens is 504 g/mol. The summed E-state index contributed by atoms with van der Waals surface area (Å²) in [6.45, 7) is 2.02. The molecule has 182 valence electrons. The van der Waals surface area contributed by atoms with Crippen molar-refractivity contribution in [1.29, 1.82) is 0 Å². The monoisotopic (exact) mass is 534 g/mol. The van der Waals surface area contributed by atoms with E-state index in [1.807, 2.05) is 13.1 Å². The molecule has 0 atom stereocenters. The van der Waals surface area contributed by atoms with E-state index in [4.69, 9.17) is 15.8 Å². The molecule has 0 bridgehead atoms. The Morgan fingerprint density at radius 3 is 2.77 bits per heavy atom. The van der Waals surface area contributed by atoms with Gasteiger partial charge in [0.1, 0.15) is 5.82 Å². The van der Waals surface area contributed by atoms with Crippen LogP contribution in [0.15, 0.2) is 58.3 Å². The lowest BCUT2D eigenvalue weighted by molar-refractivity contribution is -0.138. The number of carboxylic acid groups (broad SMARTS) is 1. The standard InChI is InChI=1S/C28H31BrN4O2/c1-17-26(21-10-8-19(9-11-21)14-25(34)35)32-28-24(16-31-33(28)27(17)30)22-12-20(13-23(29)15-22)5-3-2-4-18-6-7-18/h2-3,5-6,12,15-16,19,21H,4,7-11,13-14,30H2,1H3,(H,34,35). The van der Waals surface area contributed by atoms with Gasteiger partial charge in [-0.15, -0.1) is 0 Å². The van der Waals surface area contributed by atoms with Gasteiger partial charge in [0.05, 0.1) is 11.9 Å². The number of halogens is 1. The zero-order valence-corrected chi connectivity index (χ0v) is 21.6. The number of carboxylic acids is 1. The average molecular weight is 535 g/mol. The predicted octanol–water partition coefficient (Wildman–Crippen LogP) is 6.64. The molecule has 3 aliphatic carbocycles. The fourth-order valence-corrected chi connectivity index (χ4v) is 5.79. The maximum Gasteiger partial charge on any atom is 0.303 e. The van der Waals surface area contributed by atoms with Gasteiger partial charge in [-0.1, -0.05) is 51.9 Å². The lowest BCUT2D eigenvalue weighted by atomic mass is 9.78. The van der Waals surface area contributed by atoms with Crippen LogP contribution in [0.2, 0.25) is 0 Å². The number of carbonyl (C=O) groups is 1. The Morgan fingerprint density at radius 2 is 2.06 bits per heavy atom. The second kappa shape index (κ2) is 9.97. The van der Waals surface area contributed by atoms with Crippen molar-refractivity contribution in [2.45, 2.75) is 64.2 Å². The molecule has 1 saturated carbocycles. The topological polar surface area (TPSA) is 93.5 Å². The first-order valence-electron chi connectivity index (χ1n) is 12.4. The minimum atomic E-state index is -0.707. The SMILES string of the molecule is Cc1c(C2CCC(CC(=O)O)CC2)nc2c(C3=CC(=CC=CCC4=CC4)CC(Br)=C3)cnn2c1N. The van der Waals surface area contributed by atoms with Gasteiger partial charge in [-0.2, -0.15) is 9.61 Å².